The van der Waals surface area contributed by atoms with Gasteiger partial charge in [0.2, 0.25) is 0 Å². The number of imidazole rings is 1. The van der Waals surface area contributed by atoms with Gasteiger partial charge < -0.3 is 9.99 Å². The van der Waals surface area contributed by atoms with Crippen molar-refractivity contribution >= 4 is 23.4 Å². The summed E-state index contributed by atoms with van der Waals surface area (Å²) in [6.07, 6.45) is 3.79. The first-order valence-electron chi connectivity index (χ1n) is 6.09. The quantitative estimate of drug-likeness (QED) is 0.788. The van der Waals surface area contributed by atoms with E-state index in [1.807, 2.05) is 19.1 Å². The molecule has 1 aliphatic heterocycles. The maximum absolute atomic E-state index is 5.40. The van der Waals surface area contributed by atoms with Crippen LogP contribution in [0.25, 0.3) is 11.2 Å². The van der Waals surface area contributed by atoms with E-state index < -0.39 is 0 Å². The molecule has 0 atom stereocenters. The predicted octanol–water partition coefficient (Wildman–Crippen LogP) is 2.52. The fraction of sp³-hybridized carbons (Fsp3) is 0.500. The molecule has 4 nitrogen and oxygen atoms in total. The Kier molecular flexibility index (Phi) is 2.63. The monoisotopic (exact) mass is 248 g/mol. The van der Waals surface area contributed by atoms with Gasteiger partial charge in [-0.2, -0.15) is 0 Å². The number of nitrogens with zero attached hydrogens (tertiary/aromatic N) is 3. The van der Waals surface area contributed by atoms with Gasteiger partial charge in [0.25, 0.3) is 0 Å². The van der Waals surface area contributed by atoms with Crippen molar-refractivity contribution in [3.8, 4) is 0 Å². The van der Waals surface area contributed by atoms with Crippen LogP contribution < -0.4 is 5.01 Å². The van der Waals surface area contributed by atoms with Gasteiger partial charge in [-0.3, -0.25) is 0 Å². The summed E-state index contributed by atoms with van der Waals surface area (Å²) in [5.74, 6) is 0. The van der Waals surface area contributed by atoms with E-state index in [1.54, 1.807) is 0 Å². The zero-order chi connectivity index (χ0) is 11.8. The third-order valence-corrected chi connectivity index (χ3v) is 3.54. The largest absolute Gasteiger partial charge is 0.328 e. The first kappa shape index (κ1) is 10.8. The Hall–Kier alpha value is -1.36. The second-order valence-electron chi connectivity index (χ2n) is 4.58. The third-order valence-electron chi connectivity index (χ3n) is 3.26. The van der Waals surface area contributed by atoms with E-state index >= 15 is 0 Å². The fourth-order valence-electron chi connectivity index (χ4n) is 2.41. The molecule has 3 heterocycles. The lowest BCUT2D eigenvalue weighted by Crippen LogP contribution is -2.39. The van der Waals surface area contributed by atoms with Crippen molar-refractivity contribution in [3.05, 3.63) is 22.6 Å². The molecule has 17 heavy (non-hydrogen) atoms. The molecule has 0 aromatic carbocycles. The summed E-state index contributed by atoms with van der Waals surface area (Å²) in [4.78, 5) is 7.82. The average Bonchev–Trinajstić information content (AvgIpc) is 2.65. The van der Waals surface area contributed by atoms with E-state index in [4.69, 9.17) is 12.2 Å². The molecule has 1 N–H and O–H groups in total. The van der Waals surface area contributed by atoms with Gasteiger partial charge in [0, 0.05) is 18.8 Å². The SMILES string of the molecule is Cc1ccc2[nH]c(=S)n(N3CCCCC3)c2n1. The molecule has 0 unspecified atom stereocenters. The molecule has 2 aromatic heterocycles. The Balaban J connectivity index is 2.16. The van der Waals surface area contributed by atoms with Crippen LogP contribution >= 0.6 is 12.2 Å². The van der Waals surface area contributed by atoms with E-state index in [-0.39, 0.29) is 0 Å². The van der Waals surface area contributed by atoms with Crippen molar-refractivity contribution in [1.82, 2.24) is 14.6 Å². The van der Waals surface area contributed by atoms with Crippen LogP contribution in [0.2, 0.25) is 0 Å². The Morgan fingerprint density at radius 1 is 1.24 bits per heavy atom. The van der Waals surface area contributed by atoms with Crippen LogP contribution in [0.15, 0.2) is 12.1 Å². The number of hydrogen-bond acceptors (Lipinski definition) is 3. The number of aryl methyl sites for hydroxylation is 1. The van der Waals surface area contributed by atoms with Crippen LogP contribution in [-0.4, -0.2) is 27.7 Å². The van der Waals surface area contributed by atoms with Gasteiger partial charge in [0.1, 0.15) is 0 Å². The molecule has 0 radical (unpaired) electrons. The van der Waals surface area contributed by atoms with Crippen molar-refractivity contribution in [2.24, 2.45) is 0 Å². The first-order valence-corrected chi connectivity index (χ1v) is 6.50. The number of fused-ring (bicyclic) bond motifs is 1. The topological polar surface area (TPSA) is 36.9 Å². The van der Waals surface area contributed by atoms with Crippen LogP contribution in [0.4, 0.5) is 0 Å². The Labute approximate surface area is 105 Å². The standard InChI is InChI=1S/C12H16N4S/c1-9-5-6-10-11(13-9)16(12(17)14-10)15-7-3-2-4-8-15/h5-6H,2-4,7-8H2,1H3,(H,14,17). The molecule has 1 fully saturated rings. The summed E-state index contributed by atoms with van der Waals surface area (Å²) in [7, 11) is 0. The molecule has 0 aliphatic carbocycles. The summed E-state index contributed by atoms with van der Waals surface area (Å²) >= 11 is 5.40. The van der Waals surface area contributed by atoms with Crippen molar-refractivity contribution in [2.45, 2.75) is 26.2 Å². The number of H-pyrrole nitrogens is 1. The third kappa shape index (κ3) is 1.84. The van der Waals surface area contributed by atoms with E-state index in [1.165, 1.54) is 19.3 Å². The van der Waals surface area contributed by atoms with Crippen LogP contribution in [0.1, 0.15) is 25.0 Å². The number of piperidine rings is 1. The summed E-state index contributed by atoms with van der Waals surface area (Å²) in [5, 5.41) is 2.30. The van der Waals surface area contributed by atoms with Crippen molar-refractivity contribution in [1.29, 1.82) is 0 Å². The number of aromatic amines is 1. The van der Waals surface area contributed by atoms with E-state index in [0.29, 0.717) is 0 Å². The molecule has 5 heteroatoms. The molecule has 90 valence electrons. The minimum absolute atomic E-state index is 0.750. The van der Waals surface area contributed by atoms with Crippen LogP contribution in [0, 0.1) is 11.7 Å². The smallest absolute Gasteiger partial charge is 0.198 e. The van der Waals surface area contributed by atoms with Crippen molar-refractivity contribution < 1.29 is 0 Å². The molecule has 1 saturated heterocycles. The number of pyridine rings is 1. The number of nitrogens with one attached hydrogen (secondary N) is 1. The normalized spacial score (nSPS) is 16.6. The highest BCUT2D eigenvalue weighted by molar-refractivity contribution is 7.71. The van der Waals surface area contributed by atoms with Crippen molar-refractivity contribution in [2.75, 3.05) is 18.1 Å². The number of rotatable bonds is 1. The number of aromatic nitrogens is 3. The zero-order valence-corrected chi connectivity index (χ0v) is 10.8. The minimum Gasteiger partial charge on any atom is -0.328 e. The summed E-state index contributed by atoms with van der Waals surface area (Å²) in [5.41, 5.74) is 3.00. The van der Waals surface area contributed by atoms with E-state index in [9.17, 15) is 0 Å². The van der Waals surface area contributed by atoms with Crippen LogP contribution in [0.5, 0.6) is 0 Å². The minimum atomic E-state index is 0.750. The molecule has 0 saturated carbocycles. The van der Waals surface area contributed by atoms with E-state index in [2.05, 4.69) is 19.7 Å². The molecule has 2 aromatic rings. The van der Waals surface area contributed by atoms with E-state index in [0.717, 1.165) is 34.7 Å². The highest BCUT2D eigenvalue weighted by atomic mass is 32.1. The van der Waals surface area contributed by atoms with Gasteiger partial charge in [-0.15, -0.1) is 0 Å². The second-order valence-corrected chi connectivity index (χ2v) is 4.97. The Bertz CT molecular complexity index is 592. The van der Waals surface area contributed by atoms with Gasteiger partial charge in [0.15, 0.2) is 10.4 Å². The Morgan fingerprint density at radius 2 is 2.00 bits per heavy atom. The van der Waals surface area contributed by atoms with Crippen LogP contribution in [-0.2, 0) is 0 Å². The van der Waals surface area contributed by atoms with Crippen molar-refractivity contribution in [3.63, 3.8) is 0 Å². The van der Waals surface area contributed by atoms with Gasteiger partial charge in [-0.25, -0.2) is 9.66 Å². The fourth-order valence-corrected chi connectivity index (χ4v) is 2.72. The molecular weight excluding hydrogens is 232 g/mol. The number of hydrogen-bond donors (Lipinski definition) is 1. The average molecular weight is 248 g/mol. The maximum atomic E-state index is 5.40. The summed E-state index contributed by atoms with van der Waals surface area (Å²) in [6.45, 7) is 4.14. The first-order chi connectivity index (χ1) is 8.25. The second kappa shape index (κ2) is 4.14. The molecular formula is C12H16N4S. The summed E-state index contributed by atoms with van der Waals surface area (Å²) < 4.78 is 2.82. The van der Waals surface area contributed by atoms with Gasteiger partial charge in [-0.1, -0.05) is 0 Å². The maximum Gasteiger partial charge on any atom is 0.198 e. The predicted molar refractivity (Wildman–Crippen MR) is 71.5 cm³/mol. The highest BCUT2D eigenvalue weighted by Gasteiger charge is 2.15. The van der Waals surface area contributed by atoms with Gasteiger partial charge >= 0.3 is 0 Å². The lowest BCUT2D eigenvalue weighted by Gasteiger charge is -2.29. The molecule has 0 amide bonds. The highest BCUT2D eigenvalue weighted by Crippen LogP contribution is 2.16. The lowest BCUT2D eigenvalue weighted by molar-refractivity contribution is 0.481. The van der Waals surface area contributed by atoms with Gasteiger partial charge in [0.05, 0.1) is 5.52 Å². The Morgan fingerprint density at radius 3 is 2.76 bits per heavy atom. The molecule has 0 bridgehead atoms. The zero-order valence-electron chi connectivity index (χ0n) is 9.94. The molecule has 3 rings (SSSR count). The van der Waals surface area contributed by atoms with Crippen LogP contribution in [0.3, 0.4) is 0 Å². The summed E-state index contributed by atoms with van der Waals surface area (Å²) in [6, 6.07) is 4.06. The van der Waals surface area contributed by atoms with Gasteiger partial charge in [-0.05, 0) is 50.5 Å². The lowest BCUT2D eigenvalue weighted by atomic mass is 10.2. The molecule has 1 aliphatic rings. The molecule has 0 spiro atoms.